The fraction of sp³-hybridized carbons (Fsp3) is 0.500. The molecular weight excluding hydrogens is 436 g/mol. The van der Waals surface area contributed by atoms with Crippen LogP contribution in [0.25, 0.3) is 0 Å². The van der Waals surface area contributed by atoms with E-state index >= 15 is 0 Å². The quantitative estimate of drug-likeness (QED) is 0.502. The van der Waals surface area contributed by atoms with Crippen LogP contribution in [0.4, 0.5) is 5.69 Å². The number of ether oxygens (including phenoxy) is 1. The predicted molar refractivity (Wildman–Crippen MR) is 132 cm³/mol. The van der Waals surface area contributed by atoms with Crippen LogP contribution < -0.4 is 10.1 Å². The van der Waals surface area contributed by atoms with Crippen LogP contribution in [0.1, 0.15) is 57.1 Å². The van der Waals surface area contributed by atoms with E-state index in [4.69, 9.17) is 4.74 Å². The van der Waals surface area contributed by atoms with Gasteiger partial charge in [-0.05, 0) is 81.0 Å². The first kappa shape index (κ1) is 25.2. The standard InChI is InChI=1S/C26H36N2O4S/c1-20-9-10-21(2)24(19-20)32-18-8-15-26(3,4)25(29)27-22-11-13-23(14-12-22)33(30,31)28-16-6-5-7-17-28/h9-14,19H,5-8,15-18H2,1-4H3,(H,27,29). The molecule has 0 bridgehead atoms. The van der Waals surface area contributed by atoms with Crippen molar-refractivity contribution in [3.8, 4) is 5.75 Å². The van der Waals surface area contributed by atoms with E-state index in [2.05, 4.69) is 11.4 Å². The predicted octanol–water partition coefficient (Wildman–Crippen LogP) is 5.30. The van der Waals surface area contributed by atoms with Crippen LogP contribution in [-0.4, -0.2) is 38.3 Å². The second kappa shape index (κ2) is 10.7. The number of carbonyl (C=O) groups excluding carboxylic acids is 1. The summed E-state index contributed by atoms with van der Waals surface area (Å²) in [5, 5.41) is 2.93. The topological polar surface area (TPSA) is 75.7 Å². The molecule has 180 valence electrons. The zero-order chi connectivity index (χ0) is 24.1. The molecule has 0 spiro atoms. The molecule has 1 aliphatic rings. The number of benzene rings is 2. The average molecular weight is 473 g/mol. The van der Waals surface area contributed by atoms with Crippen molar-refractivity contribution in [3.05, 3.63) is 53.6 Å². The van der Waals surface area contributed by atoms with E-state index in [-0.39, 0.29) is 10.8 Å². The monoisotopic (exact) mass is 472 g/mol. The summed E-state index contributed by atoms with van der Waals surface area (Å²) in [4.78, 5) is 13.1. The van der Waals surface area contributed by atoms with Crippen molar-refractivity contribution in [1.29, 1.82) is 0 Å². The number of piperidine rings is 1. The van der Waals surface area contributed by atoms with Crippen LogP contribution in [0, 0.1) is 19.3 Å². The number of hydrogen-bond donors (Lipinski definition) is 1. The van der Waals surface area contributed by atoms with Crippen molar-refractivity contribution in [1.82, 2.24) is 4.31 Å². The molecule has 1 heterocycles. The Kier molecular flexibility index (Phi) is 8.19. The molecule has 0 unspecified atom stereocenters. The van der Waals surface area contributed by atoms with Crippen LogP contribution >= 0.6 is 0 Å². The number of anilines is 1. The van der Waals surface area contributed by atoms with E-state index in [1.54, 1.807) is 28.6 Å². The summed E-state index contributed by atoms with van der Waals surface area (Å²) >= 11 is 0. The van der Waals surface area contributed by atoms with E-state index in [1.807, 2.05) is 39.8 Å². The molecule has 2 aromatic rings. The number of sulfonamides is 1. The highest BCUT2D eigenvalue weighted by Gasteiger charge is 2.28. The Morgan fingerprint density at radius 1 is 1.03 bits per heavy atom. The highest BCUT2D eigenvalue weighted by atomic mass is 32.2. The molecule has 3 rings (SSSR count). The van der Waals surface area contributed by atoms with E-state index in [0.29, 0.717) is 31.8 Å². The number of carbonyl (C=O) groups is 1. The average Bonchev–Trinajstić information content (AvgIpc) is 2.80. The first-order valence-corrected chi connectivity index (χ1v) is 13.2. The molecule has 0 aromatic heterocycles. The lowest BCUT2D eigenvalue weighted by Gasteiger charge is -2.26. The van der Waals surface area contributed by atoms with E-state index in [1.165, 1.54) is 0 Å². The molecular formula is C26H36N2O4S. The Balaban J connectivity index is 1.52. The minimum absolute atomic E-state index is 0.0964. The van der Waals surface area contributed by atoms with Gasteiger partial charge in [-0.2, -0.15) is 4.31 Å². The molecule has 33 heavy (non-hydrogen) atoms. The molecule has 2 aromatic carbocycles. The van der Waals surface area contributed by atoms with Gasteiger partial charge in [0, 0.05) is 24.2 Å². The summed E-state index contributed by atoms with van der Waals surface area (Å²) in [6.07, 6.45) is 4.30. The molecule has 0 atom stereocenters. The first-order chi connectivity index (χ1) is 15.6. The number of nitrogens with zero attached hydrogens (tertiary/aromatic N) is 1. The lowest BCUT2D eigenvalue weighted by molar-refractivity contribution is -0.124. The van der Waals surface area contributed by atoms with Gasteiger partial charge in [-0.25, -0.2) is 8.42 Å². The molecule has 0 radical (unpaired) electrons. The van der Waals surface area contributed by atoms with Crippen molar-refractivity contribution in [3.63, 3.8) is 0 Å². The van der Waals surface area contributed by atoms with Gasteiger partial charge in [0.2, 0.25) is 15.9 Å². The Bertz CT molecular complexity index is 1060. The minimum Gasteiger partial charge on any atom is -0.493 e. The van der Waals surface area contributed by atoms with Gasteiger partial charge in [0.05, 0.1) is 11.5 Å². The molecule has 1 saturated heterocycles. The maximum absolute atomic E-state index is 12.8. The number of aryl methyl sites for hydroxylation is 2. The molecule has 1 amide bonds. The lowest BCUT2D eigenvalue weighted by Crippen LogP contribution is -2.35. The summed E-state index contributed by atoms with van der Waals surface area (Å²) < 4.78 is 33.1. The number of nitrogens with one attached hydrogen (secondary N) is 1. The van der Waals surface area contributed by atoms with Crippen LogP contribution in [0.15, 0.2) is 47.4 Å². The van der Waals surface area contributed by atoms with Crippen LogP contribution in [0.3, 0.4) is 0 Å². The zero-order valence-electron chi connectivity index (χ0n) is 20.2. The van der Waals surface area contributed by atoms with Gasteiger partial charge in [-0.1, -0.05) is 32.4 Å². The van der Waals surface area contributed by atoms with Gasteiger partial charge < -0.3 is 10.1 Å². The number of hydrogen-bond acceptors (Lipinski definition) is 4. The summed E-state index contributed by atoms with van der Waals surface area (Å²) in [5.74, 6) is 0.790. The van der Waals surface area contributed by atoms with Crippen molar-refractivity contribution >= 4 is 21.6 Å². The third-order valence-corrected chi connectivity index (χ3v) is 8.14. The Hall–Kier alpha value is -2.38. The SMILES string of the molecule is Cc1ccc(C)c(OCCCC(C)(C)C(=O)Nc2ccc(S(=O)(=O)N3CCCCC3)cc2)c1. The van der Waals surface area contributed by atoms with E-state index < -0.39 is 15.4 Å². The van der Waals surface area contributed by atoms with Crippen molar-refractivity contribution in [2.24, 2.45) is 5.41 Å². The largest absolute Gasteiger partial charge is 0.493 e. The molecule has 0 saturated carbocycles. The fourth-order valence-corrected chi connectivity index (χ4v) is 5.45. The third kappa shape index (κ3) is 6.58. The molecule has 6 nitrogen and oxygen atoms in total. The Morgan fingerprint density at radius 3 is 2.36 bits per heavy atom. The summed E-state index contributed by atoms with van der Waals surface area (Å²) in [6, 6.07) is 12.6. The van der Waals surface area contributed by atoms with Gasteiger partial charge in [-0.15, -0.1) is 0 Å². The van der Waals surface area contributed by atoms with Crippen molar-refractivity contribution < 1.29 is 17.9 Å². The molecule has 1 aliphatic heterocycles. The van der Waals surface area contributed by atoms with Crippen LogP contribution in [-0.2, 0) is 14.8 Å². The lowest BCUT2D eigenvalue weighted by atomic mass is 9.87. The maximum Gasteiger partial charge on any atom is 0.243 e. The molecule has 7 heteroatoms. The summed E-state index contributed by atoms with van der Waals surface area (Å²) in [6.45, 7) is 9.57. The highest BCUT2D eigenvalue weighted by molar-refractivity contribution is 7.89. The Morgan fingerprint density at radius 2 is 1.70 bits per heavy atom. The Labute approximate surface area is 198 Å². The number of amides is 1. The second-order valence-corrected chi connectivity index (χ2v) is 11.5. The summed E-state index contributed by atoms with van der Waals surface area (Å²) in [7, 11) is -3.47. The normalized spacial score (nSPS) is 15.3. The molecule has 0 aliphatic carbocycles. The first-order valence-electron chi connectivity index (χ1n) is 11.7. The van der Waals surface area contributed by atoms with Gasteiger partial charge in [0.15, 0.2) is 0 Å². The van der Waals surface area contributed by atoms with E-state index in [9.17, 15) is 13.2 Å². The second-order valence-electron chi connectivity index (χ2n) is 9.55. The molecule has 1 N–H and O–H groups in total. The van der Waals surface area contributed by atoms with Crippen molar-refractivity contribution in [2.75, 3.05) is 25.0 Å². The number of rotatable bonds is 9. The van der Waals surface area contributed by atoms with Gasteiger partial charge in [0.25, 0.3) is 0 Å². The summed E-state index contributed by atoms with van der Waals surface area (Å²) in [5.41, 5.74) is 2.27. The van der Waals surface area contributed by atoms with Gasteiger partial charge >= 0.3 is 0 Å². The maximum atomic E-state index is 12.8. The minimum atomic E-state index is -3.47. The zero-order valence-corrected chi connectivity index (χ0v) is 21.0. The van der Waals surface area contributed by atoms with Gasteiger partial charge in [0.1, 0.15) is 5.75 Å². The molecule has 1 fully saturated rings. The van der Waals surface area contributed by atoms with Crippen LogP contribution in [0.5, 0.6) is 5.75 Å². The highest BCUT2D eigenvalue weighted by Crippen LogP contribution is 2.27. The van der Waals surface area contributed by atoms with Crippen LogP contribution in [0.2, 0.25) is 0 Å². The van der Waals surface area contributed by atoms with Gasteiger partial charge in [-0.3, -0.25) is 4.79 Å². The van der Waals surface area contributed by atoms with E-state index in [0.717, 1.165) is 42.6 Å². The van der Waals surface area contributed by atoms with Crippen molar-refractivity contribution in [2.45, 2.75) is 64.7 Å². The fourth-order valence-electron chi connectivity index (χ4n) is 3.94. The third-order valence-electron chi connectivity index (χ3n) is 6.23. The smallest absolute Gasteiger partial charge is 0.243 e.